The van der Waals surface area contributed by atoms with E-state index in [1.807, 2.05) is 6.92 Å². The van der Waals surface area contributed by atoms with E-state index >= 15 is 0 Å². The maximum atomic E-state index is 13.4. The van der Waals surface area contributed by atoms with E-state index in [-0.39, 0.29) is 24.5 Å². The lowest BCUT2D eigenvalue weighted by atomic mass is 9.52. The quantitative estimate of drug-likeness (QED) is 0.233. The van der Waals surface area contributed by atoms with Gasteiger partial charge in [-0.1, -0.05) is 27.7 Å². The highest BCUT2D eigenvalue weighted by atomic mass is 16.8. The SMILES string of the molecule is CC1CC[C@@]2(O)C34O[C@@]5(O)C[C@]2(C)[C@]2(O)[C@H](OC(=O)c6ccc[nH]6)[C@](O)(C(C)C)[C@]5(C)[C@]32OB(O)O[C@H]14. The molecule has 7 fully saturated rings. The summed E-state index contributed by atoms with van der Waals surface area (Å²) in [6, 6.07) is 3.12. The highest BCUT2D eigenvalue weighted by Crippen LogP contribution is 2.92. The predicted octanol–water partition coefficient (Wildman–Crippen LogP) is -0.148. The van der Waals surface area contributed by atoms with Gasteiger partial charge in [0.1, 0.15) is 28.1 Å². The van der Waals surface area contributed by atoms with Gasteiger partial charge in [0.15, 0.2) is 17.5 Å². The van der Waals surface area contributed by atoms with Gasteiger partial charge in [-0.2, -0.15) is 0 Å². The first-order valence-corrected chi connectivity index (χ1v) is 13.0. The molecule has 2 spiro atoms. The van der Waals surface area contributed by atoms with Crippen LogP contribution in [0.25, 0.3) is 0 Å². The molecular formula is C25H34BNO10. The van der Waals surface area contributed by atoms with E-state index in [4.69, 9.17) is 18.8 Å². The van der Waals surface area contributed by atoms with Crippen LogP contribution in [0.15, 0.2) is 18.3 Å². The van der Waals surface area contributed by atoms with Crippen LogP contribution in [-0.4, -0.2) is 89.7 Å². The molecule has 0 amide bonds. The van der Waals surface area contributed by atoms with Gasteiger partial charge < -0.3 is 49.2 Å². The zero-order valence-corrected chi connectivity index (χ0v) is 21.5. The highest BCUT2D eigenvalue weighted by molar-refractivity contribution is 6.35. The van der Waals surface area contributed by atoms with Crippen LogP contribution < -0.4 is 0 Å². The van der Waals surface area contributed by atoms with E-state index in [1.165, 1.54) is 13.0 Å². The molecule has 0 radical (unpaired) electrons. The van der Waals surface area contributed by atoms with Crippen LogP contribution in [0, 0.1) is 22.7 Å². The second-order valence-electron chi connectivity index (χ2n) is 12.9. The van der Waals surface area contributed by atoms with Gasteiger partial charge in [0.2, 0.25) is 0 Å². The molecule has 4 aliphatic carbocycles. The van der Waals surface area contributed by atoms with Crippen molar-refractivity contribution in [2.45, 2.75) is 99.9 Å². The number of hydrogen-bond acceptors (Lipinski definition) is 10. The number of ether oxygens (including phenoxy) is 2. The normalized spacial score (nSPS) is 58.8. The number of esters is 1. The molecule has 7 aliphatic rings. The van der Waals surface area contributed by atoms with E-state index in [1.54, 1.807) is 33.0 Å². The summed E-state index contributed by atoms with van der Waals surface area (Å²) in [7, 11) is -1.85. The highest BCUT2D eigenvalue weighted by Gasteiger charge is 3.11. The minimum Gasteiger partial charge on any atom is -0.451 e. The van der Waals surface area contributed by atoms with E-state index < -0.39 is 76.0 Å². The molecule has 1 aromatic heterocycles. The second kappa shape index (κ2) is 6.28. The van der Waals surface area contributed by atoms with E-state index in [0.717, 1.165) is 0 Å². The van der Waals surface area contributed by atoms with E-state index in [0.29, 0.717) is 6.42 Å². The molecule has 37 heavy (non-hydrogen) atoms. The molecule has 6 bridgehead atoms. The number of H-pyrrole nitrogens is 1. The molecule has 4 heterocycles. The zero-order valence-electron chi connectivity index (χ0n) is 21.5. The van der Waals surface area contributed by atoms with Crippen molar-refractivity contribution in [1.29, 1.82) is 0 Å². The van der Waals surface area contributed by atoms with Crippen molar-refractivity contribution in [2.24, 2.45) is 22.7 Å². The van der Waals surface area contributed by atoms with Crippen molar-refractivity contribution in [2.75, 3.05) is 0 Å². The summed E-state index contributed by atoms with van der Waals surface area (Å²) in [5, 5.41) is 61.8. The molecule has 3 saturated heterocycles. The van der Waals surface area contributed by atoms with Crippen LogP contribution in [0.4, 0.5) is 0 Å². The van der Waals surface area contributed by atoms with Gasteiger partial charge in [-0.3, -0.25) is 0 Å². The average molecular weight is 519 g/mol. The third-order valence-corrected chi connectivity index (χ3v) is 11.8. The van der Waals surface area contributed by atoms with Crippen molar-refractivity contribution < 1.29 is 49.0 Å². The largest absolute Gasteiger partial charge is 0.637 e. The summed E-state index contributed by atoms with van der Waals surface area (Å²) in [5.74, 6) is -3.92. The topological polar surface area (TPSA) is 171 Å². The van der Waals surface area contributed by atoms with Crippen LogP contribution in [0.2, 0.25) is 0 Å². The van der Waals surface area contributed by atoms with Crippen LogP contribution in [0.3, 0.4) is 0 Å². The molecule has 202 valence electrons. The molecule has 11 nitrogen and oxygen atoms in total. The molecule has 3 aliphatic heterocycles. The molecule has 12 heteroatoms. The fourth-order valence-corrected chi connectivity index (χ4v) is 10.3. The molecular weight excluding hydrogens is 485 g/mol. The molecule has 0 aromatic carbocycles. The molecule has 6 N–H and O–H groups in total. The molecule has 1 aromatic rings. The van der Waals surface area contributed by atoms with Crippen LogP contribution in [0.5, 0.6) is 0 Å². The number of hydrogen-bond donors (Lipinski definition) is 6. The number of aromatic nitrogens is 1. The Labute approximate surface area is 214 Å². The maximum absolute atomic E-state index is 13.4. The monoisotopic (exact) mass is 519 g/mol. The first-order chi connectivity index (χ1) is 17.1. The average Bonchev–Trinajstić information content (AvgIpc) is 3.45. The number of aliphatic hydroxyl groups is 4. The van der Waals surface area contributed by atoms with Gasteiger partial charge >= 0.3 is 13.3 Å². The van der Waals surface area contributed by atoms with E-state index in [9.17, 15) is 30.2 Å². The molecule has 8 rings (SSSR count). The van der Waals surface area contributed by atoms with Crippen molar-refractivity contribution in [3.8, 4) is 0 Å². The molecule has 2 unspecified atom stereocenters. The van der Waals surface area contributed by atoms with Crippen molar-refractivity contribution >= 4 is 13.3 Å². The Morgan fingerprint density at radius 1 is 1.24 bits per heavy atom. The molecule has 11 atom stereocenters. The smallest absolute Gasteiger partial charge is 0.451 e. The predicted molar refractivity (Wildman–Crippen MR) is 124 cm³/mol. The number of carbonyl (C=O) groups is 1. The van der Waals surface area contributed by atoms with Gasteiger partial charge in [-0.25, -0.2) is 4.79 Å². The van der Waals surface area contributed by atoms with Crippen LogP contribution in [-0.2, 0) is 18.8 Å². The van der Waals surface area contributed by atoms with E-state index in [2.05, 4.69) is 4.98 Å². The van der Waals surface area contributed by atoms with Crippen LogP contribution >= 0.6 is 0 Å². The Bertz CT molecular complexity index is 1210. The zero-order chi connectivity index (χ0) is 26.8. The van der Waals surface area contributed by atoms with Crippen molar-refractivity contribution in [3.63, 3.8) is 0 Å². The van der Waals surface area contributed by atoms with Gasteiger partial charge in [0, 0.05) is 18.0 Å². The number of carbonyl (C=O) groups excluding carboxylic acids is 1. The maximum Gasteiger partial charge on any atom is 0.637 e. The first-order valence-electron chi connectivity index (χ1n) is 13.0. The summed E-state index contributed by atoms with van der Waals surface area (Å²) in [6.07, 6.45) is -0.722. The Morgan fingerprint density at radius 3 is 2.57 bits per heavy atom. The Kier molecular flexibility index (Phi) is 4.16. The standard InChI is InChI=1S/C25H34BNO10/c1-12(2)22(31)17(34-16(28)14-7-6-10-27-14)23(32)18(4)11-21(30)19(22,5)25(23)24(36-21)15(35-26(33)37-25)13(3)8-9-20(18,24)29/h6-7,10,12-13,15,17,27,29-33H,8-9,11H2,1-5H3/t13?,15-,17-,18+,19-,20+,21+,22-,23-,24?,25-/m1/s1. The lowest BCUT2D eigenvalue weighted by Gasteiger charge is -2.61. The van der Waals surface area contributed by atoms with Crippen molar-refractivity contribution in [1.82, 2.24) is 4.98 Å². The molecule has 4 saturated carbocycles. The summed E-state index contributed by atoms with van der Waals surface area (Å²) in [4.78, 5) is 16.1. The lowest BCUT2D eigenvalue weighted by Crippen LogP contribution is -2.80. The van der Waals surface area contributed by atoms with Crippen molar-refractivity contribution in [3.05, 3.63) is 24.0 Å². The fourth-order valence-electron chi connectivity index (χ4n) is 10.3. The fraction of sp³-hybridized carbons (Fsp3) is 0.800. The first kappa shape index (κ1) is 24.5. The Balaban J connectivity index is 1.59. The summed E-state index contributed by atoms with van der Waals surface area (Å²) < 4.78 is 24.6. The third kappa shape index (κ3) is 1.85. The van der Waals surface area contributed by atoms with Gasteiger partial charge in [0.25, 0.3) is 0 Å². The Hall–Kier alpha value is -1.51. The number of nitrogens with one attached hydrogen (secondary N) is 1. The summed E-state index contributed by atoms with van der Waals surface area (Å²) in [5.41, 5.74) is -13.6. The second-order valence-corrected chi connectivity index (χ2v) is 12.9. The number of rotatable bonds is 3. The minimum atomic E-state index is -2.30. The van der Waals surface area contributed by atoms with Crippen LogP contribution in [0.1, 0.15) is 64.4 Å². The summed E-state index contributed by atoms with van der Waals surface area (Å²) >= 11 is 0. The Morgan fingerprint density at radius 2 is 1.95 bits per heavy atom. The van der Waals surface area contributed by atoms with Gasteiger partial charge in [0.05, 0.1) is 11.5 Å². The number of aromatic amines is 1. The third-order valence-electron chi connectivity index (χ3n) is 11.8. The lowest BCUT2D eigenvalue weighted by molar-refractivity contribution is -0.389. The summed E-state index contributed by atoms with van der Waals surface area (Å²) in [6.45, 7) is 8.42. The van der Waals surface area contributed by atoms with Gasteiger partial charge in [-0.05, 0) is 43.7 Å². The minimum absolute atomic E-state index is 0.102. The van der Waals surface area contributed by atoms with Gasteiger partial charge in [-0.15, -0.1) is 0 Å².